The van der Waals surface area contributed by atoms with E-state index in [9.17, 15) is 4.39 Å². The zero-order valence-electron chi connectivity index (χ0n) is 8.21. The Hall–Kier alpha value is -1.07. The Bertz CT molecular complexity index is 500. The Kier molecular flexibility index (Phi) is 3.46. The molecule has 0 bridgehead atoms. The second-order valence-corrected chi connectivity index (χ2v) is 5.07. The van der Waals surface area contributed by atoms with E-state index in [2.05, 4.69) is 21.2 Å². The highest BCUT2D eigenvalue weighted by Crippen LogP contribution is 2.25. The van der Waals surface area contributed by atoms with E-state index in [1.165, 1.54) is 12.1 Å². The van der Waals surface area contributed by atoms with Gasteiger partial charge in [0.05, 0.1) is 6.54 Å². The highest BCUT2D eigenvalue weighted by atomic mass is 79.9. The van der Waals surface area contributed by atoms with E-state index >= 15 is 0 Å². The number of nitrogens with one attached hydrogen (secondary N) is 1. The zero-order chi connectivity index (χ0) is 11.5. The maximum atomic E-state index is 13.0. The minimum absolute atomic E-state index is 0.331. The summed E-state index contributed by atoms with van der Waals surface area (Å²) in [5.41, 5.74) is 0.649. The number of halogens is 2. The number of benzene rings is 1. The van der Waals surface area contributed by atoms with Gasteiger partial charge in [-0.15, -0.1) is 11.3 Å². The van der Waals surface area contributed by atoms with Crippen LogP contribution in [-0.2, 0) is 6.54 Å². The topological polar surface area (TPSA) is 32.3 Å². The lowest BCUT2D eigenvalue weighted by molar-refractivity contribution is 0.432. The number of phenolic OH excluding ortho intramolecular Hbond substituents is 1. The fraction of sp³-hybridized carbons (Fsp3) is 0.0909. The van der Waals surface area contributed by atoms with Gasteiger partial charge in [0.2, 0.25) is 0 Å². The lowest BCUT2D eigenvalue weighted by atomic mass is 10.3. The molecule has 0 saturated carbocycles. The van der Waals surface area contributed by atoms with Gasteiger partial charge in [0.25, 0.3) is 0 Å². The Morgan fingerprint density at radius 3 is 2.81 bits per heavy atom. The molecule has 2 rings (SSSR count). The molecule has 2 aromatic rings. The molecule has 0 aliphatic rings. The summed E-state index contributed by atoms with van der Waals surface area (Å²) in [4.78, 5) is 1.15. The minimum atomic E-state index is -0.616. The Balaban J connectivity index is 2.05. The average molecular weight is 302 g/mol. The van der Waals surface area contributed by atoms with Crippen LogP contribution in [-0.4, -0.2) is 5.11 Å². The lowest BCUT2D eigenvalue weighted by Crippen LogP contribution is -1.98. The smallest absolute Gasteiger partial charge is 0.166 e. The summed E-state index contributed by atoms with van der Waals surface area (Å²) in [6.45, 7) is 0.627. The van der Waals surface area contributed by atoms with Crippen molar-refractivity contribution in [1.29, 1.82) is 0 Å². The Morgan fingerprint density at radius 2 is 2.19 bits per heavy atom. The fourth-order valence-electron chi connectivity index (χ4n) is 1.25. The van der Waals surface area contributed by atoms with Crippen molar-refractivity contribution < 1.29 is 9.50 Å². The van der Waals surface area contributed by atoms with Crippen LogP contribution in [0.2, 0.25) is 0 Å². The van der Waals surface area contributed by atoms with Gasteiger partial charge >= 0.3 is 0 Å². The molecule has 0 fully saturated rings. The van der Waals surface area contributed by atoms with Crippen LogP contribution in [0.1, 0.15) is 4.88 Å². The number of rotatable bonds is 3. The van der Waals surface area contributed by atoms with Gasteiger partial charge in [-0.2, -0.15) is 0 Å². The van der Waals surface area contributed by atoms with Gasteiger partial charge in [0.1, 0.15) is 0 Å². The molecule has 1 aromatic carbocycles. The maximum absolute atomic E-state index is 13.0. The largest absolute Gasteiger partial charge is 0.505 e. The third-order valence-corrected chi connectivity index (χ3v) is 4.02. The van der Waals surface area contributed by atoms with Crippen molar-refractivity contribution >= 4 is 33.0 Å². The van der Waals surface area contributed by atoms with E-state index in [0.717, 1.165) is 9.35 Å². The van der Waals surface area contributed by atoms with Crippen molar-refractivity contribution in [3.63, 3.8) is 0 Å². The van der Waals surface area contributed by atoms with Crippen molar-refractivity contribution in [1.82, 2.24) is 0 Å². The van der Waals surface area contributed by atoms with Crippen LogP contribution in [0.25, 0.3) is 0 Å². The predicted molar refractivity (Wildman–Crippen MR) is 67.4 cm³/mol. The number of hydrogen-bond acceptors (Lipinski definition) is 3. The normalized spacial score (nSPS) is 10.4. The van der Waals surface area contributed by atoms with Crippen molar-refractivity contribution in [2.24, 2.45) is 0 Å². The molecule has 0 aliphatic heterocycles. The number of thiophene rings is 1. The standard InChI is InChI=1S/C11H9BrFNOS/c12-8-3-4-16-11(8)6-14-7-1-2-10(15)9(13)5-7/h1-5,14-15H,6H2. The van der Waals surface area contributed by atoms with E-state index in [1.807, 2.05) is 11.4 Å². The van der Waals surface area contributed by atoms with Gasteiger partial charge in [0, 0.05) is 21.1 Å². The van der Waals surface area contributed by atoms with Crippen LogP contribution in [0, 0.1) is 5.82 Å². The van der Waals surface area contributed by atoms with Gasteiger partial charge in [-0.25, -0.2) is 4.39 Å². The molecule has 0 amide bonds. The number of anilines is 1. The molecule has 0 radical (unpaired) electrons. The molecule has 2 nitrogen and oxygen atoms in total. The first-order valence-electron chi connectivity index (χ1n) is 4.61. The van der Waals surface area contributed by atoms with Gasteiger partial charge in [0.15, 0.2) is 11.6 Å². The molecule has 5 heteroatoms. The van der Waals surface area contributed by atoms with Crippen molar-refractivity contribution in [2.45, 2.75) is 6.54 Å². The molecule has 16 heavy (non-hydrogen) atoms. The van der Waals surface area contributed by atoms with Crippen LogP contribution in [0.3, 0.4) is 0 Å². The molecule has 84 valence electrons. The average Bonchev–Trinajstić information content (AvgIpc) is 2.66. The van der Waals surface area contributed by atoms with Gasteiger partial charge in [-0.3, -0.25) is 0 Å². The molecule has 0 spiro atoms. The summed E-state index contributed by atoms with van der Waals surface area (Å²) < 4.78 is 14.1. The molecule has 0 atom stereocenters. The van der Waals surface area contributed by atoms with Gasteiger partial charge in [-0.05, 0) is 39.5 Å². The summed E-state index contributed by atoms with van der Waals surface area (Å²) in [7, 11) is 0. The van der Waals surface area contributed by atoms with Crippen LogP contribution >= 0.6 is 27.3 Å². The third-order valence-electron chi connectivity index (χ3n) is 2.09. The molecule has 0 aliphatic carbocycles. The minimum Gasteiger partial charge on any atom is -0.505 e. The molecule has 1 aromatic heterocycles. The molecule has 1 heterocycles. The zero-order valence-corrected chi connectivity index (χ0v) is 10.6. The monoisotopic (exact) mass is 301 g/mol. The van der Waals surface area contributed by atoms with Crippen molar-refractivity contribution in [3.8, 4) is 5.75 Å². The maximum Gasteiger partial charge on any atom is 0.166 e. The summed E-state index contributed by atoms with van der Waals surface area (Å²) >= 11 is 5.05. The van der Waals surface area contributed by atoms with Crippen LogP contribution in [0.15, 0.2) is 34.1 Å². The summed E-state index contributed by atoms with van der Waals surface area (Å²) in [6.07, 6.45) is 0. The quantitative estimate of drug-likeness (QED) is 0.841. The first-order chi connectivity index (χ1) is 7.66. The molecule has 0 unspecified atom stereocenters. The number of hydrogen-bond donors (Lipinski definition) is 2. The van der Waals surface area contributed by atoms with Crippen LogP contribution < -0.4 is 5.32 Å². The highest BCUT2D eigenvalue weighted by molar-refractivity contribution is 9.10. The Labute approximate surface area is 105 Å². The van der Waals surface area contributed by atoms with E-state index in [-0.39, 0.29) is 5.75 Å². The molecule has 0 saturated heterocycles. The Morgan fingerprint density at radius 1 is 1.38 bits per heavy atom. The SMILES string of the molecule is Oc1ccc(NCc2sccc2Br)cc1F. The van der Waals surface area contributed by atoms with Crippen molar-refractivity contribution in [2.75, 3.05) is 5.32 Å². The third kappa shape index (κ3) is 2.54. The first kappa shape index (κ1) is 11.4. The predicted octanol–water partition coefficient (Wildman–Crippen LogP) is 3.97. The first-order valence-corrected chi connectivity index (χ1v) is 6.28. The van der Waals surface area contributed by atoms with Gasteiger partial charge < -0.3 is 10.4 Å². The molecular weight excluding hydrogens is 293 g/mol. The fourth-order valence-corrected chi connectivity index (χ4v) is 2.68. The van der Waals surface area contributed by atoms with E-state index in [4.69, 9.17) is 5.11 Å². The second kappa shape index (κ2) is 4.84. The van der Waals surface area contributed by atoms with Crippen LogP contribution in [0.4, 0.5) is 10.1 Å². The number of phenols is 1. The van der Waals surface area contributed by atoms with E-state index in [0.29, 0.717) is 12.2 Å². The van der Waals surface area contributed by atoms with E-state index in [1.54, 1.807) is 17.4 Å². The van der Waals surface area contributed by atoms with E-state index < -0.39 is 5.82 Å². The van der Waals surface area contributed by atoms with Crippen molar-refractivity contribution in [3.05, 3.63) is 44.8 Å². The summed E-state index contributed by atoms with van der Waals surface area (Å²) in [5, 5.41) is 14.1. The lowest BCUT2D eigenvalue weighted by Gasteiger charge is -2.06. The highest BCUT2D eigenvalue weighted by Gasteiger charge is 2.03. The molecular formula is C11H9BrFNOS. The van der Waals surface area contributed by atoms with Gasteiger partial charge in [-0.1, -0.05) is 0 Å². The second-order valence-electron chi connectivity index (χ2n) is 3.21. The summed E-state index contributed by atoms with van der Waals surface area (Å²) in [5.74, 6) is -0.946. The van der Waals surface area contributed by atoms with Crippen LogP contribution in [0.5, 0.6) is 5.75 Å². The number of aromatic hydroxyl groups is 1. The summed E-state index contributed by atoms with van der Waals surface area (Å²) in [6, 6.07) is 6.22. The molecule has 2 N–H and O–H groups in total.